The largest absolute Gasteiger partial charge is 0.573 e. The molecule has 1 aliphatic heterocycles. The van der Waals surface area contributed by atoms with Crippen LogP contribution in [0.3, 0.4) is 0 Å². The molecule has 2 aromatic heterocycles. The second kappa shape index (κ2) is 10.4. The molecule has 0 fully saturated rings. The lowest BCUT2D eigenvalue weighted by Crippen LogP contribution is -2.43. The van der Waals surface area contributed by atoms with Crippen molar-refractivity contribution in [1.82, 2.24) is 20.1 Å². The molecule has 1 amide bonds. The zero-order valence-electron chi connectivity index (χ0n) is 20.4. The van der Waals surface area contributed by atoms with Crippen molar-refractivity contribution in [3.8, 4) is 17.3 Å². The minimum absolute atomic E-state index is 0.148. The van der Waals surface area contributed by atoms with Crippen molar-refractivity contribution in [2.24, 2.45) is 0 Å². The molecule has 0 radical (unpaired) electrons. The molecule has 0 saturated carbocycles. The number of halogens is 9. The molecule has 0 saturated heterocycles. The van der Waals surface area contributed by atoms with Gasteiger partial charge >= 0.3 is 18.7 Å². The fraction of sp³-hybridized carbons (Fsp3) is 0.391. The maximum Gasteiger partial charge on any atom is 0.573 e. The van der Waals surface area contributed by atoms with Crippen LogP contribution in [0.15, 0.2) is 34.7 Å². The molecule has 41 heavy (non-hydrogen) atoms. The monoisotopic (exact) mass is 599 g/mol. The van der Waals surface area contributed by atoms with E-state index in [4.69, 9.17) is 10.2 Å². The predicted octanol–water partition coefficient (Wildman–Crippen LogP) is 5.21. The Morgan fingerprint density at radius 1 is 1.00 bits per heavy atom. The SMILES string of the molecule is Nc1cc(C(F)(F)F)c2nc1-c1nnc(o1)C(O)(C(F)(F)F)CCCCN(Cc1ccc(OC(F)(F)F)cc1)C2=O. The number of alkyl halides is 9. The zero-order valence-corrected chi connectivity index (χ0v) is 20.4. The number of carbonyl (C=O) groups is 1. The number of ether oxygens (including phenoxy) is 1. The van der Waals surface area contributed by atoms with Crippen molar-refractivity contribution in [2.45, 2.75) is 50.1 Å². The summed E-state index contributed by atoms with van der Waals surface area (Å²) in [6, 6.07) is 4.38. The third-order valence-electron chi connectivity index (χ3n) is 6.04. The van der Waals surface area contributed by atoms with E-state index in [0.29, 0.717) is 6.07 Å². The minimum atomic E-state index is -5.31. The molecule has 9 nitrogen and oxygen atoms in total. The molecular formula is C23H18F9N5O4. The molecule has 222 valence electrons. The van der Waals surface area contributed by atoms with E-state index in [1.807, 2.05) is 0 Å². The molecule has 3 heterocycles. The summed E-state index contributed by atoms with van der Waals surface area (Å²) in [4.78, 5) is 17.9. The van der Waals surface area contributed by atoms with Crippen LogP contribution in [0.4, 0.5) is 45.2 Å². The molecule has 4 bridgehead atoms. The van der Waals surface area contributed by atoms with Crippen LogP contribution in [0.25, 0.3) is 11.6 Å². The van der Waals surface area contributed by atoms with E-state index in [1.165, 1.54) is 0 Å². The fourth-order valence-corrected chi connectivity index (χ4v) is 4.04. The highest BCUT2D eigenvalue weighted by molar-refractivity contribution is 5.95. The van der Waals surface area contributed by atoms with Gasteiger partial charge in [0.2, 0.25) is 5.60 Å². The third-order valence-corrected chi connectivity index (χ3v) is 6.04. The maximum atomic E-state index is 13.9. The summed E-state index contributed by atoms with van der Waals surface area (Å²) in [5.74, 6) is -4.11. The van der Waals surface area contributed by atoms with Crippen molar-refractivity contribution < 1.29 is 58.6 Å². The number of nitrogens with zero attached hydrogens (tertiary/aromatic N) is 4. The highest BCUT2D eigenvalue weighted by atomic mass is 19.4. The Morgan fingerprint density at radius 2 is 1.66 bits per heavy atom. The molecule has 1 unspecified atom stereocenters. The molecular weight excluding hydrogens is 581 g/mol. The maximum absolute atomic E-state index is 13.9. The van der Waals surface area contributed by atoms with Crippen molar-refractivity contribution >= 4 is 11.6 Å². The Kier molecular flexibility index (Phi) is 7.57. The van der Waals surface area contributed by atoms with Gasteiger partial charge in [-0.1, -0.05) is 12.1 Å². The van der Waals surface area contributed by atoms with E-state index >= 15 is 0 Å². The van der Waals surface area contributed by atoms with Crippen LogP contribution >= 0.6 is 0 Å². The summed E-state index contributed by atoms with van der Waals surface area (Å²) in [5.41, 5.74) is -2.08. The summed E-state index contributed by atoms with van der Waals surface area (Å²) in [6.45, 7) is -0.905. The number of aliphatic hydroxyl groups is 1. The lowest BCUT2D eigenvalue weighted by molar-refractivity contribution is -0.277. The predicted molar refractivity (Wildman–Crippen MR) is 119 cm³/mol. The number of carbonyl (C=O) groups excluding carboxylic acids is 1. The molecule has 0 aliphatic carbocycles. The van der Waals surface area contributed by atoms with Crippen LogP contribution < -0.4 is 10.5 Å². The van der Waals surface area contributed by atoms with Gasteiger partial charge in [0, 0.05) is 13.1 Å². The zero-order chi connectivity index (χ0) is 30.4. The topological polar surface area (TPSA) is 128 Å². The summed E-state index contributed by atoms with van der Waals surface area (Å²) in [6.07, 6.45) is -17.2. The number of aromatic nitrogens is 3. The number of nitrogen functional groups attached to an aromatic ring is 1. The lowest BCUT2D eigenvalue weighted by atomic mass is 9.95. The standard InChI is InChI=1S/C23H18F9N5O4/c24-21(25,26)13-9-14(33)16-17-35-36-19(40-17)20(39,22(27,28)29)7-1-2-8-37(18(38)15(13)34-16)10-11-3-5-12(6-4-11)41-23(30,31)32/h3-6,9,39H,1-2,7-8,10,33H2. The van der Waals surface area contributed by atoms with E-state index in [9.17, 15) is 49.4 Å². The van der Waals surface area contributed by atoms with E-state index < -0.39 is 96.3 Å². The van der Waals surface area contributed by atoms with Crippen LogP contribution in [0.5, 0.6) is 5.75 Å². The fourth-order valence-electron chi connectivity index (χ4n) is 4.04. The van der Waals surface area contributed by atoms with Gasteiger partial charge in [-0.15, -0.1) is 23.4 Å². The molecule has 18 heteroatoms. The molecule has 1 atom stereocenters. The molecule has 3 aromatic rings. The van der Waals surface area contributed by atoms with Crippen LogP contribution in [-0.4, -0.2) is 50.2 Å². The van der Waals surface area contributed by atoms with Crippen molar-refractivity contribution in [3.63, 3.8) is 0 Å². The van der Waals surface area contributed by atoms with Crippen molar-refractivity contribution in [2.75, 3.05) is 12.3 Å². The van der Waals surface area contributed by atoms with Gasteiger partial charge in [0.15, 0.2) is 5.69 Å². The molecule has 0 spiro atoms. The Bertz CT molecular complexity index is 1420. The molecule has 1 aromatic carbocycles. The van der Waals surface area contributed by atoms with E-state index in [0.717, 1.165) is 29.2 Å². The van der Waals surface area contributed by atoms with Gasteiger partial charge in [-0.05, 0) is 43.0 Å². The second-order valence-electron chi connectivity index (χ2n) is 8.97. The average molecular weight is 599 g/mol. The minimum Gasteiger partial charge on any atom is -0.416 e. The summed E-state index contributed by atoms with van der Waals surface area (Å²) in [5, 5.41) is 17.0. The van der Waals surface area contributed by atoms with Gasteiger partial charge in [0.1, 0.15) is 11.4 Å². The number of fused-ring (bicyclic) bond motifs is 5. The van der Waals surface area contributed by atoms with Gasteiger partial charge < -0.3 is 24.9 Å². The van der Waals surface area contributed by atoms with Gasteiger partial charge in [0.05, 0.1) is 11.3 Å². The van der Waals surface area contributed by atoms with Crippen LogP contribution in [0.2, 0.25) is 0 Å². The first-order valence-corrected chi connectivity index (χ1v) is 11.5. The van der Waals surface area contributed by atoms with Gasteiger partial charge in [-0.3, -0.25) is 4.79 Å². The highest BCUT2D eigenvalue weighted by Gasteiger charge is 2.58. The summed E-state index contributed by atoms with van der Waals surface area (Å²) < 4.78 is 129. The number of anilines is 1. The first-order chi connectivity index (χ1) is 18.9. The normalized spacial score (nSPS) is 18.9. The number of pyridine rings is 1. The number of benzene rings is 1. The van der Waals surface area contributed by atoms with Crippen molar-refractivity contribution in [3.05, 3.63) is 53.0 Å². The Balaban J connectivity index is 1.80. The Morgan fingerprint density at radius 3 is 2.24 bits per heavy atom. The summed E-state index contributed by atoms with van der Waals surface area (Å²) >= 11 is 0. The number of amides is 1. The smallest absolute Gasteiger partial charge is 0.416 e. The first kappa shape index (κ1) is 29.9. The van der Waals surface area contributed by atoms with Crippen LogP contribution in [0.1, 0.15) is 46.8 Å². The van der Waals surface area contributed by atoms with E-state index in [2.05, 4.69) is 19.9 Å². The van der Waals surface area contributed by atoms with E-state index in [1.54, 1.807) is 0 Å². The quantitative estimate of drug-likeness (QED) is 0.393. The highest BCUT2D eigenvalue weighted by Crippen LogP contribution is 2.44. The average Bonchev–Trinajstić information content (AvgIpc) is 3.34. The molecule has 3 N–H and O–H groups in total. The number of nitrogens with two attached hydrogens (primary N) is 1. The van der Waals surface area contributed by atoms with Gasteiger partial charge in [-0.2, -0.15) is 26.3 Å². The summed E-state index contributed by atoms with van der Waals surface area (Å²) in [7, 11) is 0. The number of hydrogen-bond donors (Lipinski definition) is 2. The molecule has 1 aliphatic rings. The molecule has 4 rings (SSSR count). The lowest BCUT2D eigenvalue weighted by Gasteiger charge is -2.28. The van der Waals surface area contributed by atoms with Gasteiger partial charge in [-0.25, -0.2) is 4.98 Å². The van der Waals surface area contributed by atoms with Crippen molar-refractivity contribution in [1.29, 1.82) is 0 Å². The van der Waals surface area contributed by atoms with Crippen LogP contribution in [0, 0.1) is 0 Å². The Labute approximate surface area is 223 Å². The van der Waals surface area contributed by atoms with Gasteiger partial charge in [0.25, 0.3) is 17.7 Å². The second-order valence-corrected chi connectivity index (χ2v) is 8.97. The first-order valence-electron chi connectivity index (χ1n) is 11.5. The van der Waals surface area contributed by atoms with E-state index in [-0.39, 0.29) is 12.0 Å². The van der Waals surface area contributed by atoms with Crippen LogP contribution in [-0.2, 0) is 18.3 Å². The Hall–Kier alpha value is -4.09. The third kappa shape index (κ3) is 6.31. The number of rotatable bonds is 3. The number of hydrogen-bond acceptors (Lipinski definition) is 8.